The highest BCUT2D eigenvalue weighted by atomic mass is 16.4. The lowest BCUT2D eigenvalue weighted by molar-refractivity contribution is -0.136. The van der Waals surface area contributed by atoms with Crippen molar-refractivity contribution < 1.29 is 9.90 Å². The Morgan fingerprint density at radius 2 is 2.19 bits per heavy atom. The van der Waals surface area contributed by atoms with E-state index < -0.39 is 5.97 Å². The summed E-state index contributed by atoms with van der Waals surface area (Å²) in [6, 6.07) is 7.67. The van der Waals surface area contributed by atoms with E-state index in [9.17, 15) is 4.79 Å². The summed E-state index contributed by atoms with van der Waals surface area (Å²) in [5.41, 5.74) is 1.79. The van der Waals surface area contributed by atoms with E-state index in [0.717, 1.165) is 16.5 Å². The monoisotopic (exact) mass is 213 g/mol. The van der Waals surface area contributed by atoms with Crippen LogP contribution < -0.4 is 0 Å². The van der Waals surface area contributed by atoms with Gasteiger partial charge in [-0.15, -0.1) is 6.42 Å². The molecular formula is C13H11NO2. The minimum atomic E-state index is -0.830. The zero-order chi connectivity index (χ0) is 11.5. The Bertz CT molecular complexity index is 575. The molecule has 0 unspecified atom stereocenters. The van der Waals surface area contributed by atoms with Gasteiger partial charge in [-0.2, -0.15) is 0 Å². The van der Waals surface area contributed by atoms with Gasteiger partial charge in [0.25, 0.3) is 0 Å². The number of carbonyl (C=O) groups is 1. The summed E-state index contributed by atoms with van der Waals surface area (Å²) in [4.78, 5) is 10.7. The predicted molar refractivity (Wildman–Crippen MR) is 62.1 cm³/mol. The van der Waals surface area contributed by atoms with E-state index in [-0.39, 0.29) is 6.42 Å². The number of carboxylic acid groups (broad SMARTS) is 1. The van der Waals surface area contributed by atoms with Crippen molar-refractivity contribution >= 4 is 16.9 Å². The van der Waals surface area contributed by atoms with Crippen molar-refractivity contribution in [3.8, 4) is 12.3 Å². The molecule has 0 aliphatic rings. The number of benzene rings is 1. The van der Waals surface area contributed by atoms with E-state index in [1.165, 1.54) is 0 Å². The Morgan fingerprint density at radius 3 is 2.88 bits per heavy atom. The molecular weight excluding hydrogens is 202 g/mol. The first-order valence-electron chi connectivity index (χ1n) is 4.94. The maximum absolute atomic E-state index is 10.7. The summed E-state index contributed by atoms with van der Waals surface area (Å²) in [6.07, 6.45) is 7.12. The molecule has 1 N–H and O–H groups in total. The average molecular weight is 213 g/mol. The highest BCUT2D eigenvalue weighted by molar-refractivity contribution is 5.87. The van der Waals surface area contributed by atoms with Gasteiger partial charge in [0.15, 0.2) is 0 Å². The van der Waals surface area contributed by atoms with Gasteiger partial charge in [0.05, 0.1) is 13.0 Å². The summed E-state index contributed by atoms with van der Waals surface area (Å²) >= 11 is 0. The summed E-state index contributed by atoms with van der Waals surface area (Å²) in [5.74, 6) is 1.73. The van der Waals surface area contributed by atoms with Crippen LogP contribution >= 0.6 is 0 Å². The molecule has 16 heavy (non-hydrogen) atoms. The molecule has 0 spiro atoms. The molecule has 0 amide bonds. The smallest absolute Gasteiger partial charge is 0.307 e. The van der Waals surface area contributed by atoms with Crippen LogP contribution in [0.1, 0.15) is 5.56 Å². The summed E-state index contributed by atoms with van der Waals surface area (Å²) in [6.45, 7) is 0.458. The highest BCUT2D eigenvalue weighted by Gasteiger charge is 2.09. The third-order valence-electron chi connectivity index (χ3n) is 2.47. The van der Waals surface area contributed by atoms with Crippen LogP contribution in [0, 0.1) is 12.3 Å². The van der Waals surface area contributed by atoms with Crippen molar-refractivity contribution in [1.29, 1.82) is 0 Å². The Labute approximate surface area is 93.3 Å². The van der Waals surface area contributed by atoms with Gasteiger partial charge in [-0.25, -0.2) is 0 Å². The van der Waals surface area contributed by atoms with Gasteiger partial charge >= 0.3 is 5.97 Å². The lowest BCUT2D eigenvalue weighted by Crippen LogP contribution is -1.99. The van der Waals surface area contributed by atoms with Crippen molar-refractivity contribution in [3.63, 3.8) is 0 Å². The highest BCUT2D eigenvalue weighted by Crippen LogP contribution is 2.21. The second-order valence-corrected chi connectivity index (χ2v) is 3.57. The maximum Gasteiger partial charge on any atom is 0.307 e. The first kappa shape index (κ1) is 10.3. The Balaban J connectivity index is 2.58. The van der Waals surface area contributed by atoms with Gasteiger partial charge in [-0.1, -0.05) is 24.1 Å². The summed E-state index contributed by atoms with van der Waals surface area (Å²) in [5, 5.41) is 9.77. The van der Waals surface area contributed by atoms with Crippen molar-refractivity contribution in [2.75, 3.05) is 0 Å². The zero-order valence-electron chi connectivity index (χ0n) is 8.68. The minimum Gasteiger partial charge on any atom is -0.481 e. The SMILES string of the molecule is C#CCn1cc(CC(=O)O)c2ccccc21. The maximum atomic E-state index is 10.7. The number of rotatable bonds is 3. The number of para-hydroxylation sites is 1. The largest absolute Gasteiger partial charge is 0.481 e. The normalized spacial score (nSPS) is 10.2. The standard InChI is InChI=1S/C13H11NO2/c1-2-7-14-9-10(8-13(15)16)11-5-3-4-6-12(11)14/h1,3-6,9H,7-8H2,(H,15,16). The van der Waals surface area contributed by atoms with E-state index in [1.807, 2.05) is 35.0 Å². The van der Waals surface area contributed by atoms with E-state index in [4.69, 9.17) is 11.5 Å². The number of carboxylic acids is 1. The molecule has 0 saturated heterocycles. The molecule has 80 valence electrons. The molecule has 3 nitrogen and oxygen atoms in total. The van der Waals surface area contributed by atoms with Crippen LogP contribution in [-0.2, 0) is 17.8 Å². The van der Waals surface area contributed by atoms with Crippen LogP contribution in [0.3, 0.4) is 0 Å². The second-order valence-electron chi connectivity index (χ2n) is 3.57. The van der Waals surface area contributed by atoms with Crippen molar-refractivity contribution in [1.82, 2.24) is 4.57 Å². The molecule has 0 radical (unpaired) electrons. The van der Waals surface area contributed by atoms with Crippen LogP contribution in [-0.4, -0.2) is 15.6 Å². The van der Waals surface area contributed by atoms with Gasteiger partial charge in [0.1, 0.15) is 0 Å². The van der Waals surface area contributed by atoms with Crippen LogP contribution in [0.25, 0.3) is 10.9 Å². The molecule has 0 fully saturated rings. The fourth-order valence-corrected chi connectivity index (χ4v) is 1.86. The summed E-state index contributed by atoms with van der Waals surface area (Å²) < 4.78 is 1.90. The van der Waals surface area contributed by atoms with Crippen molar-refractivity contribution in [3.05, 3.63) is 36.0 Å². The number of fused-ring (bicyclic) bond motifs is 1. The van der Waals surface area contributed by atoms with E-state index in [2.05, 4.69) is 5.92 Å². The molecule has 0 saturated carbocycles. The molecule has 2 aromatic rings. The Hall–Kier alpha value is -2.21. The van der Waals surface area contributed by atoms with E-state index in [0.29, 0.717) is 6.54 Å². The van der Waals surface area contributed by atoms with E-state index in [1.54, 1.807) is 0 Å². The second kappa shape index (κ2) is 4.11. The van der Waals surface area contributed by atoms with Gasteiger partial charge in [-0.3, -0.25) is 4.79 Å². The predicted octanol–water partition coefficient (Wildman–Crippen LogP) is 1.90. The van der Waals surface area contributed by atoms with Crippen LogP contribution in [0.5, 0.6) is 0 Å². The van der Waals surface area contributed by atoms with Crippen molar-refractivity contribution in [2.24, 2.45) is 0 Å². The number of aromatic nitrogens is 1. The molecule has 0 atom stereocenters. The minimum absolute atomic E-state index is 0.0259. The fraction of sp³-hybridized carbons (Fsp3) is 0.154. The average Bonchev–Trinajstić information content (AvgIpc) is 2.58. The molecule has 0 aliphatic carbocycles. The van der Waals surface area contributed by atoms with E-state index >= 15 is 0 Å². The number of terminal acetylenes is 1. The lowest BCUT2D eigenvalue weighted by atomic mass is 10.1. The molecule has 3 heteroatoms. The topological polar surface area (TPSA) is 42.2 Å². The van der Waals surface area contributed by atoms with Crippen LogP contribution in [0.4, 0.5) is 0 Å². The van der Waals surface area contributed by atoms with Crippen LogP contribution in [0.2, 0.25) is 0 Å². The number of aliphatic carboxylic acids is 1. The third-order valence-corrected chi connectivity index (χ3v) is 2.47. The fourth-order valence-electron chi connectivity index (χ4n) is 1.86. The Morgan fingerprint density at radius 1 is 1.44 bits per heavy atom. The first-order valence-corrected chi connectivity index (χ1v) is 4.94. The number of hydrogen-bond acceptors (Lipinski definition) is 1. The van der Waals surface area contributed by atoms with Gasteiger partial charge in [-0.05, 0) is 11.6 Å². The van der Waals surface area contributed by atoms with Crippen molar-refractivity contribution in [2.45, 2.75) is 13.0 Å². The third kappa shape index (κ3) is 1.78. The lowest BCUT2D eigenvalue weighted by Gasteiger charge is -1.97. The molecule has 0 bridgehead atoms. The van der Waals surface area contributed by atoms with Crippen LogP contribution in [0.15, 0.2) is 30.5 Å². The summed E-state index contributed by atoms with van der Waals surface area (Å²) in [7, 11) is 0. The Kier molecular flexibility index (Phi) is 2.65. The molecule has 1 heterocycles. The molecule has 0 aliphatic heterocycles. The molecule has 1 aromatic heterocycles. The van der Waals surface area contributed by atoms with Gasteiger partial charge in [0.2, 0.25) is 0 Å². The zero-order valence-corrected chi connectivity index (χ0v) is 8.68. The van der Waals surface area contributed by atoms with Gasteiger partial charge < -0.3 is 9.67 Å². The number of nitrogens with zero attached hydrogens (tertiary/aromatic N) is 1. The molecule has 2 rings (SSSR count). The molecule has 1 aromatic carbocycles. The number of hydrogen-bond donors (Lipinski definition) is 1. The first-order chi connectivity index (χ1) is 7.72. The quantitative estimate of drug-likeness (QED) is 0.791. The van der Waals surface area contributed by atoms with Gasteiger partial charge in [0, 0.05) is 17.1 Å².